The van der Waals surface area contributed by atoms with Gasteiger partial charge in [0.2, 0.25) is 0 Å². The Hall–Kier alpha value is -4.29. The first-order valence-electron chi connectivity index (χ1n) is 11.2. The van der Waals surface area contributed by atoms with E-state index in [0.29, 0.717) is 28.8 Å². The molecule has 0 saturated heterocycles. The molecule has 0 heterocycles. The molecular formula is C29H24ClNO5. The number of benzene rings is 4. The van der Waals surface area contributed by atoms with Crippen molar-refractivity contribution in [2.45, 2.75) is 6.61 Å². The predicted octanol–water partition coefficient (Wildman–Crippen LogP) is 6.39. The van der Waals surface area contributed by atoms with Crippen LogP contribution in [0.2, 0.25) is 5.02 Å². The van der Waals surface area contributed by atoms with Gasteiger partial charge in [-0.15, -0.1) is 0 Å². The van der Waals surface area contributed by atoms with Crippen LogP contribution in [0.3, 0.4) is 0 Å². The molecule has 4 aromatic carbocycles. The molecule has 0 aliphatic heterocycles. The topological polar surface area (TPSA) is 73.9 Å². The molecule has 0 unspecified atom stereocenters. The number of hydrogen-bond acceptors (Lipinski definition) is 5. The third-order valence-corrected chi connectivity index (χ3v) is 5.58. The van der Waals surface area contributed by atoms with Gasteiger partial charge in [0.05, 0.1) is 12.7 Å². The number of nitrogens with one attached hydrogen (secondary N) is 1. The molecule has 182 valence electrons. The number of carbonyl (C=O) groups excluding carboxylic acids is 2. The maximum atomic E-state index is 12.6. The number of carbonyl (C=O) groups is 2. The first-order chi connectivity index (χ1) is 17.5. The van der Waals surface area contributed by atoms with Crippen LogP contribution in [0.25, 0.3) is 11.1 Å². The average Bonchev–Trinajstić information content (AvgIpc) is 2.92. The number of ether oxygens (including phenoxy) is 3. The predicted molar refractivity (Wildman–Crippen MR) is 140 cm³/mol. The lowest BCUT2D eigenvalue weighted by Crippen LogP contribution is -2.21. The van der Waals surface area contributed by atoms with E-state index in [1.54, 1.807) is 30.3 Å². The highest BCUT2D eigenvalue weighted by Gasteiger charge is 2.15. The second kappa shape index (κ2) is 11.9. The molecule has 0 bridgehead atoms. The fraction of sp³-hybridized carbons (Fsp3) is 0.103. The molecule has 1 amide bonds. The van der Waals surface area contributed by atoms with E-state index in [4.69, 9.17) is 25.8 Å². The Morgan fingerprint density at radius 3 is 2.31 bits per heavy atom. The van der Waals surface area contributed by atoms with Gasteiger partial charge in [-0.1, -0.05) is 72.3 Å². The summed E-state index contributed by atoms with van der Waals surface area (Å²) in [6, 6.07) is 29.2. The van der Waals surface area contributed by atoms with Crippen LogP contribution in [0.15, 0.2) is 97.1 Å². The number of para-hydroxylation sites is 1. The zero-order chi connectivity index (χ0) is 25.3. The van der Waals surface area contributed by atoms with E-state index in [0.717, 1.165) is 16.7 Å². The van der Waals surface area contributed by atoms with E-state index < -0.39 is 18.5 Å². The Morgan fingerprint density at radius 2 is 1.56 bits per heavy atom. The van der Waals surface area contributed by atoms with Crippen LogP contribution < -0.4 is 14.8 Å². The molecular weight excluding hydrogens is 478 g/mol. The number of anilines is 1. The molecule has 6 nitrogen and oxygen atoms in total. The van der Waals surface area contributed by atoms with Crippen molar-refractivity contribution in [3.63, 3.8) is 0 Å². The summed E-state index contributed by atoms with van der Waals surface area (Å²) >= 11 is 5.91. The summed E-state index contributed by atoms with van der Waals surface area (Å²) in [5.41, 5.74) is 3.65. The smallest absolute Gasteiger partial charge is 0.338 e. The molecule has 0 atom stereocenters. The van der Waals surface area contributed by atoms with Crippen LogP contribution in [-0.4, -0.2) is 25.6 Å². The Morgan fingerprint density at radius 1 is 0.833 bits per heavy atom. The molecule has 0 aliphatic rings. The monoisotopic (exact) mass is 501 g/mol. The van der Waals surface area contributed by atoms with Crippen molar-refractivity contribution in [3.05, 3.63) is 113 Å². The SMILES string of the molecule is COc1cc(C(=O)OCC(=O)Nc2ccccc2-c2ccccc2)ccc1OCc1ccc(Cl)cc1. The largest absolute Gasteiger partial charge is 0.493 e. The molecule has 0 spiro atoms. The summed E-state index contributed by atoms with van der Waals surface area (Å²) < 4.78 is 16.4. The van der Waals surface area contributed by atoms with Gasteiger partial charge in [0, 0.05) is 16.3 Å². The summed E-state index contributed by atoms with van der Waals surface area (Å²) in [6.07, 6.45) is 0. The summed E-state index contributed by atoms with van der Waals surface area (Å²) in [5.74, 6) is -0.246. The zero-order valence-corrected chi connectivity index (χ0v) is 20.3. The number of methoxy groups -OCH3 is 1. The lowest BCUT2D eigenvalue weighted by molar-refractivity contribution is -0.119. The van der Waals surface area contributed by atoms with Gasteiger partial charge < -0.3 is 19.5 Å². The van der Waals surface area contributed by atoms with Crippen LogP contribution in [-0.2, 0) is 16.1 Å². The van der Waals surface area contributed by atoms with E-state index in [-0.39, 0.29) is 5.56 Å². The van der Waals surface area contributed by atoms with Crippen molar-refractivity contribution in [2.75, 3.05) is 19.0 Å². The van der Waals surface area contributed by atoms with Crippen molar-refractivity contribution < 1.29 is 23.8 Å². The maximum absolute atomic E-state index is 12.6. The van der Waals surface area contributed by atoms with Crippen LogP contribution in [0, 0.1) is 0 Å². The molecule has 0 aliphatic carbocycles. The molecule has 0 radical (unpaired) electrons. The minimum atomic E-state index is -0.649. The van der Waals surface area contributed by atoms with Gasteiger partial charge in [0.1, 0.15) is 6.61 Å². The number of hydrogen-bond donors (Lipinski definition) is 1. The normalized spacial score (nSPS) is 10.4. The van der Waals surface area contributed by atoms with Gasteiger partial charge in [-0.25, -0.2) is 4.79 Å². The van der Waals surface area contributed by atoms with Gasteiger partial charge in [0.15, 0.2) is 18.1 Å². The standard InChI is InChI=1S/C29H24ClNO5/c1-34-27-17-22(13-16-26(27)35-18-20-11-14-23(30)15-12-20)29(33)36-19-28(32)31-25-10-6-5-9-24(25)21-7-3-2-4-8-21/h2-17H,18-19H2,1H3,(H,31,32). The fourth-order valence-electron chi connectivity index (χ4n) is 3.52. The van der Waals surface area contributed by atoms with Crippen LogP contribution in [0.1, 0.15) is 15.9 Å². The minimum absolute atomic E-state index is 0.239. The Balaban J connectivity index is 1.35. The summed E-state index contributed by atoms with van der Waals surface area (Å²) in [5, 5.41) is 3.46. The molecule has 4 aromatic rings. The Bertz CT molecular complexity index is 1340. The number of rotatable bonds is 9. The Labute approximate surface area is 214 Å². The molecule has 0 saturated carbocycles. The van der Waals surface area contributed by atoms with Crippen LogP contribution in [0.5, 0.6) is 11.5 Å². The number of esters is 1. The average molecular weight is 502 g/mol. The first-order valence-corrected chi connectivity index (χ1v) is 11.6. The van der Waals surface area contributed by atoms with Crippen molar-refractivity contribution in [2.24, 2.45) is 0 Å². The third kappa shape index (κ3) is 6.43. The number of amides is 1. The second-order valence-corrected chi connectivity index (χ2v) is 8.25. The zero-order valence-electron chi connectivity index (χ0n) is 19.6. The van der Waals surface area contributed by atoms with E-state index in [2.05, 4.69) is 5.32 Å². The summed E-state index contributed by atoms with van der Waals surface area (Å²) in [7, 11) is 1.48. The minimum Gasteiger partial charge on any atom is -0.493 e. The van der Waals surface area contributed by atoms with Crippen LogP contribution >= 0.6 is 11.6 Å². The molecule has 1 N–H and O–H groups in total. The summed E-state index contributed by atoms with van der Waals surface area (Å²) in [4.78, 5) is 25.1. The van der Waals surface area contributed by atoms with E-state index in [1.807, 2.05) is 60.7 Å². The van der Waals surface area contributed by atoms with E-state index >= 15 is 0 Å². The summed E-state index contributed by atoms with van der Waals surface area (Å²) in [6.45, 7) is -0.124. The maximum Gasteiger partial charge on any atom is 0.338 e. The van der Waals surface area contributed by atoms with Crippen LogP contribution in [0.4, 0.5) is 5.69 Å². The Kier molecular flexibility index (Phi) is 8.21. The third-order valence-electron chi connectivity index (χ3n) is 5.33. The quantitative estimate of drug-likeness (QED) is 0.269. The first kappa shape index (κ1) is 24.8. The highest BCUT2D eigenvalue weighted by atomic mass is 35.5. The van der Waals surface area contributed by atoms with Crippen molar-refractivity contribution in [1.29, 1.82) is 0 Å². The molecule has 7 heteroatoms. The van der Waals surface area contributed by atoms with Crippen molar-refractivity contribution in [1.82, 2.24) is 0 Å². The van der Waals surface area contributed by atoms with Gasteiger partial charge >= 0.3 is 5.97 Å². The van der Waals surface area contributed by atoms with Gasteiger partial charge in [0.25, 0.3) is 5.91 Å². The second-order valence-electron chi connectivity index (χ2n) is 7.82. The van der Waals surface area contributed by atoms with Gasteiger partial charge in [-0.3, -0.25) is 4.79 Å². The lowest BCUT2D eigenvalue weighted by Gasteiger charge is -2.13. The fourth-order valence-corrected chi connectivity index (χ4v) is 3.64. The highest BCUT2D eigenvalue weighted by Crippen LogP contribution is 2.30. The van der Waals surface area contributed by atoms with E-state index in [9.17, 15) is 9.59 Å². The lowest BCUT2D eigenvalue weighted by atomic mass is 10.0. The van der Waals surface area contributed by atoms with E-state index in [1.165, 1.54) is 13.2 Å². The molecule has 0 aromatic heterocycles. The van der Waals surface area contributed by atoms with Gasteiger partial charge in [-0.2, -0.15) is 0 Å². The van der Waals surface area contributed by atoms with Crippen molar-refractivity contribution >= 4 is 29.2 Å². The van der Waals surface area contributed by atoms with Crippen molar-refractivity contribution in [3.8, 4) is 22.6 Å². The van der Waals surface area contributed by atoms with Gasteiger partial charge in [-0.05, 0) is 47.5 Å². The number of halogens is 1. The molecule has 36 heavy (non-hydrogen) atoms. The molecule has 0 fully saturated rings. The molecule has 4 rings (SSSR count). The highest BCUT2D eigenvalue weighted by molar-refractivity contribution is 6.30.